The van der Waals surface area contributed by atoms with Gasteiger partial charge < -0.3 is 15.0 Å². The van der Waals surface area contributed by atoms with Crippen molar-refractivity contribution in [2.45, 2.75) is 72.5 Å². The summed E-state index contributed by atoms with van der Waals surface area (Å²) in [6.45, 7) is 10.5. The van der Waals surface area contributed by atoms with Crippen LogP contribution in [0, 0.1) is 6.92 Å². The molecule has 204 valence electrons. The van der Waals surface area contributed by atoms with Gasteiger partial charge in [-0.2, -0.15) is 0 Å². The normalized spacial score (nSPS) is 12.2. The zero-order valence-corrected chi connectivity index (χ0v) is 23.7. The molecule has 1 atom stereocenters. The number of sulfonamides is 1. The van der Waals surface area contributed by atoms with E-state index in [1.54, 1.807) is 29.2 Å². The molecule has 0 aliphatic carbocycles. The van der Waals surface area contributed by atoms with Crippen LogP contribution in [0.4, 0.5) is 5.69 Å². The molecule has 0 aromatic heterocycles. The molecule has 0 radical (unpaired) electrons. The van der Waals surface area contributed by atoms with Crippen LogP contribution < -0.4 is 14.4 Å². The minimum Gasteiger partial charge on any atom is -0.494 e. The van der Waals surface area contributed by atoms with Gasteiger partial charge in [0.15, 0.2) is 0 Å². The molecule has 2 amide bonds. The van der Waals surface area contributed by atoms with E-state index in [9.17, 15) is 18.0 Å². The molecule has 2 rings (SSSR count). The number of benzene rings is 2. The maximum absolute atomic E-state index is 13.5. The average molecular weight is 532 g/mol. The van der Waals surface area contributed by atoms with Crippen LogP contribution in [0.3, 0.4) is 0 Å². The van der Waals surface area contributed by atoms with E-state index in [0.29, 0.717) is 37.4 Å². The summed E-state index contributed by atoms with van der Waals surface area (Å²) in [5, 5.41) is 2.93. The summed E-state index contributed by atoms with van der Waals surface area (Å²) in [5.41, 5.74) is 2.52. The number of anilines is 1. The highest BCUT2D eigenvalue weighted by molar-refractivity contribution is 7.92. The molecule has 2 aromatic rings. The fourth-order valence-electron chi connectivity index (χ4n) is 4.15. The minimum atomic E-state index is -3.56. The number of carbonyl (C=O) groups excluding carboxylic acids is 2. The lowest BCUT2D eigenvalue weighted by Gasteiger charge is -2.32. The van der Waals surface area contributed by atoms with Gasteiger partial charge in [0.25, 0.3) is 0 Å². The maximum Gasteiger partial charge on any atom is 0.243 e. The van der Waals surface area contributed by atoms with Crippen LogP contribution in [0.15, 0.2) is 48.5 Å². The third kappa shape index (κ3) is 9.07. The van der Waals surface area contributed by atoms with Crippen molar-refractivity contribution in [2.75, 3.05) is 23.7 Å². The molecular formula is C28H41N3O5S. The van der Waals surface area contributed by atoms with E-state index in [4.69, 9.17) is 4.74 Å². The lowest BCUT2D eigenvalue weighted by molar-refractivity contribution is -0.141. The first-order valence-electron chi connectivity index (χ1n) is 12.8. The van der Waals surface area contributed by atoms with E-state index in [2.05, 4.69) is 5.32 Å². The SMILES string of the molecule is CCOc1ccc(N(CCCC(=O)N(Cc2ccccc2C)C(CC)C(=O)NC(C)C)S(C)(=O)=O)cc1. The topological polar surface area (TPSA) is 96.0 Å². The Kier molecular flexibility index (Phi) is 11.4. The quantitative estimate of drug-likeness (QED) is 0.393. The van der Waals surface area contributed by atoms with Gasteiger partial charge in [-0.15, -0.1) is 0 Å². The van der Waals surface area contributed by atoms with Crippen molar-refractivity contribution in [3.05, 3.63) is 59.7 Å². The first-order chi connectivity index (χ1) is 17.5. The second kappa shape index (κ2) is 14.0. The first-order valence-corrected chi connectivity index (χ1v) is 14.7. The fraction of sp³-hybridized carbons (Fsp3) is 0.500. The van der Waals surface area contributed by atoms with Gasteiger partial charge in [-0.25, -0.2) is 8.42 Å². The van der Waals surface area contributed by atoms with E-state index in [1.807, 2.05) is 58.9 Å². The number of hydrogen-bond donors (Lipinski definition) is 1. The summed E-state index contributed by atoms with van der Waals surface area (Å²) < 4.78 is 31.8. The number of carbonyl (C=O) groups is 2. The summed E-state index contributed by atoms with van der Waals surface area (Å²) in [4.78, 5) is 28.1. The van der Waals surface area contributed by atoms with Crippen LogP contribution in [0.25, 0.3) is 0 Å². The largest absolute Gasteiger partial charge is 0.494 e. The molecule has 37 heavy (non-hydrogen) atoms. The number of aryl methyl sites for hydroxylation is 1. The van der Waals surface area contributed by atoms with E-state index < -0.39 is 16.1 Å². The Morgan fingerprint density at radius 2 is 1.68 bits per heavy atom. The number of rotatable bonds is 14. The van der Waals surface area contributed by atoms with Gasteiger partial charge >= 0.3 is 0 Å². The van der Waals surface area contributed by atoms with Gasteiger partial charge in [-0.05, 0) is 75.9 Å². The molecule has 0 saturated carbocycles. The Balaban J connectivity index is 2.21. The molecule has 0 bridgehead atoms. The average Bonchev–Trinajstić information content (AvgIpc) is 2.82. The Bertz CT molecular complexity index is 1130. The molecule has 0 aliphatic rings. The molecule has 0 spiro atoms. The van der Waals surface area contributed by atoms with Crippen molar-refractivity contribution in [3.63, 3.8) is 0 Å². The van der Waals surface area contributed by atoms with E-state index in [0.717, 1.165) is 17.4 Å². The highest BCUT2D eigenvalue weighted by atomic mass is 32.2. The predicted molar refractivity (Wildman–Crippen MR) is 148 cm³/mol. The molecule has 2 aromatic carbocycles. The molecule has 0 fully saturated rings. The van der Waals surface area contributed by atoms with Crippen LogP contribution in [-0.4, -0.2) is 56.6 Å². The Labute approximate surface area is 222 Å². The smallest absolute Gasteiger partial charge is 0.243 e. The van der Waals surface area contributed by atoms with Gasteiger partial charge in [0, 0.05) is 25.6 Å². The number of ether oxygens (including phenoxy) is 1. The standard InChI is InChI=1S/C28H41N3O5S/c1-7-26(28(33)29-21(3)4)30(20-23-13-10-9-12-22(23)5)27(32)14-11-19-31(37(6,34)35)24-15-17-25(18-16-24)36-8-2/h9-10,12-13,15-18,21,26H,7-8,11,14,19-20H2,1-6H3,(H,29,33). The van der Waals surface area contributed by atoms with Gasteiger partial charge in [0.05, 0.1) is 18.6 Å². The summed E-state index contributed by atoms with van der Waals surface area (Å²) in [7, 11) is -3.56. The third-order valence-electron chi connectivity index (χ3n) is 6.01. The third-order valence-corrected chi connectivity index (χ3v) is 7.20. The summed E-state index contributed by atoms with van der Waals surface area (Å²) in [5.74, 6) is 0.285. The highest BCUT2D eigenvalue weighted by Gasteiger charge is 2.29. The number of nitrogens with one attached hydrogen (secondary N) is 1. The molecule has 1 unspecified atom stereocenters. The van der Waals surface area contributed by atoms with Crippen LogP contribution in [0.1, 0.15) is 58.1 Å². The summed E-state index contributed by atoms with van der Waals surface area (Å²) in [6, 6.07) is 14.0. The molecule has 8 nitrogen and oxygen atoms in total. The van der Waals surface area contributed by atoms with Crippen molar-refractivity contribution >= 4 is 27.5 Å². The van der Waals surface area contributed by atoms with Crippen LogP contribution >= 0.6 is 0 Å². The van der Waals surface area contributed by atoms with Crippen molar-refractivity contribution in [2.24, 2.45) is 0 Å². The van der Waals surface area contributed by atoms with E-state index in [1.165, 1.54) is 4.31 Å². The first kappa shape index (κ1) is 30.2. The lowest BCUT2D eigenvalue weighted by atomic mass is 10.0. The molecule has 0 saturated heterocycles. The van der Waals surface area contributed by atoms with Crippen LogP contribution in [0.5, 0.6) is 5.75 Å². The summed E-state index contributed by atoms with van der Waals surface area (Å²) >= 11 is 0. The molecule has 1 N–H and O–H groups in total. The Hall–Kier alpha value is -3.07. The van der Waals surface area contributed by atoms with Crippen LogP contribution in [0.2, 0.25) is 0 Å². The zero-order chi connectivity index (χ0) is 27.6. The Morgan fingerprint density at radius 3 is 2.22 bits per heavy atom. The maximum atomic E-state index is 13.5. The molecular weight excluding hydrogens is 490 g/mol. The second-order valence-electron chi connectivity index (χ2n) is 9.40. The lowest BCUT2D eigenvalue weighted by Crippen LogP contribution is -2.50. The molecule has 0 aliphatic heterocycles. The van der Waals surface area contributed by atoms with Crippen molar-refractivity contribution in [1.29, 1.82) is 0 Å². The zero-order valence-electron chi connectivity index (χ0n) is 22.9. The van der Waals surface area contributed by atoms with Crippen molar-refractivity contribution < 1.29 is 22.7 Å². The monoisotopic (exact) mass is 531 g/mol. The summed E-state index contributed by atoms with van der Waals surface area (Å²) in [6.07, 6.45) is 2.04. The minimum absolute atomic E-state index is 0.0469. The number of hydrogen-bond acceptors (Lipinski definition) is 5. The second-order valence-corrected chi connectivity index (χ2v) is 11.3. The number of nitrogens with zero attached hydrogens (tertiary/aromatic N) is 2. The van der Waals surface area contributed by atoms with Gasteiger partial charge in [0.1, 0.15) is 11.8 Å². The van der Waals surface area contributed by atoms with Gasteiger partial charge in [0.2, 0.25) is 21.8 Å². The molecule has 9 heteroatoms. The highest BCUT2D eigenvalue weighted by Crippen LogP contribution is 2.23. The van der Waals surface area contributed by atoms with Crippen LogP contribution in [-0.2, 0) is 26.2 Å². The van der Waals surface area contributed by atoms with Crippen molar-refractivity contribution in [3.8, 4) is 5.75 Å². The number of amides is 2. The Morgan fingerprint density at radius 1 is 1.03 bits per heavy atom. The van der Waals surface area contributed by atoms with E-state index >= 15 is 0 Å². The van der Waals surface area contributed by atoms with Crippen molar-refractivity contribution in [1.82, 2.24) is 10.2 Å². The van der Waals surface area contributed by atoms with Gasteiger partial charge in [-0.1, -0.05) is 31.2 Å². The fourth-order valence-corrected chi connectivity index (χ4v) is 5.12. The van der Waals surface area contributed by atoms with E-state index in [-0.39, 0.29) is 30.8 Å². The predicted octanol–water partition coefficient (Wildman–Crippen LogP) is 4.27. The van der Waals surface area contributed by atoms with Gasteiger partial charge in [-0.3, -0.25) is 13.9 Å². The molecule has 0 heterocycles.